The third-order valence-electron chi connectivity index (χ3n) is 2.94. The van der Waals surface area contributed by atoms with Crippen LogP contribution in [0.4, 0.5) is 0 Å². The maximum Gasteiger partial charge on any atom is 0.192 e. The molecular weight excluding hydrogens is 254 g/mol. The zero-order valence-corrected chi connectivity index (χ0v) is 12.2. The number of aryl methyl sites for hydroxylation is 1. The van der Waals surface area contributed by atoms with Gasteiger partial charge < -0.3 is 5.73 Å². The van der Waals surface area contributed by atoms with E-state index in [1.165, 1.54) is 10.5 Å². The first kappa shape index (κ1) is 14.0. The van der Waals surface area contributed by atoms with Gasteiger partial charge >= 0.3 is 0 Å². The molecule has 1 heterocycles. The van der Waals surface area contributed by atoms with Gasteiger partial charge in [0.25, 0.3) is 0 Å². The lowest BCUT2D eigenvalue weighted by Crippen LogP contribution is -2.21. The van der Waals surface area contributed by atoms with E-state index < -0.39 is 0 Å². The standard InChI is InChI=1S/C15H19N3S/c1-3-13(16)8-12-6-4-5-7-14(12)19-15-17-9-11(2)10-18-15/h4-7,9-10,13H,3,8,16H2,1-2H3. The van der Waals surface area contributed by atoms with Gasteiger partial charge in [-0.3, -0.25) is 0 Å². The number of hydrogen-bond donors (Lipinski definition) is 1. The van der Waals surface area contributed by atoms with Crippen LogP contribution >= 0.6 is 11.8 Å². The summed E-state index contributed by atoms with van der Waals surface area (Å²) in [5, 5.41) is 0.781. The fourth-order valence-corrected chi connectivity index (χ4v) is 2.57. The van der Waals surface area contributed by atoms with Gasteiger partial charge in [0.1, 0.15) is 0 Å². The Hall–Kier alpha value is -1.39. The average molecular weight is 273 g/mol. The van der Waals surface area contributed by atoms with Crippen LogP contribution < -0.4 is 5.73 Å². The molecule has 0 amide bonds. The third kappa shape index (κ3) is 4.04. The first-order valence-electron chi connectivity index (χ1n) is 6.49. The van der Waals surface area contributed by atoms with Crippen LogP contribution in [0.5, 0.6) is 0 Å². The fraction of sp³-hybridized carbons (Fsp3) is 0.333. The van der Waals surface area contributed by atoms with E-state index in [1.807, 2.05) is 25.4 Å². The highest BCUT2D eigenvalue weighted by molar-refractivity contribution is 7.99. The van der Waals surface area contributed by atoms with Crippen LogP contribution in [0.3, 0.4) is 0 Å². The molecule has 19 heavy (non-hydrogen) atoms. The van der Waals surface area contributed by atoms with Crippen molar-refractivity contribution in [3.05, 3.63) is 47.8 Å². The van der Waals surface area contributed by atoms with E-state index in [-0.39, 0.29) is 6.04 Å². The van der Waals surface area contributed by atoms with Crippen LogP contribution in [-0.2, 0) is 6.42 Å². The van der Waals surface area contributed by atoms with Gasteiger partial charge in [0.15, 0.2) is 5.16 Å². The van der Waals surface area contributed by atoms with E-state index >= 15 is 0 Å². The Labute approximate surface area is 118 Å². The van der Waals surface area contributed by atoms with Crippen molar-refractivity contribution in [1.29, 1.82) is 0 Å². The third-order valence-corrected chi connectivity index (χ3v) is 3.95. The smallest absolute Gasteiger partial charge is 0.192 e. The van der Waals surface area contributed by atoms with Crippen molar-refractivity contribution in [3.63, 3.8) is 0 Å². The lowest BCUT2D eigenvalue weighted by atomic mass is 10.1. The summed E-state index contributed by atoms with van der Waals surface area (Å²) < 4.78 is 0. The van der Waals surface area contributed by atoms with Crippen molar-refractivity contribution >= 4 is 11.8 Å². The van der Waals surface area contributed by atoms with Gasteiger partial charge in [-0.05, 0) is 48.7 Å². The Bertz CT molecular complexity index is 525. The second-order valence-corrected chi connectivity index (χ2v) is 5.63. The predicted molar refractivity (Wildman–Crippen MR) is 79.3 cm³/mol. The Morgan fingerprint density at radius 3 is 2.58 bits per heavy atom. The molecular formula is C15H19N3S. The van der Waals surface area contributed by atoms with Gasteiger partial charge in [-0.1, -0.05) is 25.1 Å². The van der Waals surface area contributed by atoms with Crippen LogP contribution in [-0.4, -0.2) is 16.0 Å². The van der Waals surface area contributed by atoms with Crippen LogP contribution in [0.1, 0.15) is 24.5 Å². The normalized spacial score (nSPS) is 12.4. The minimum absolute atomic E-state index is 0.209. The van der Waals surface area contributed by atoms with E-state index in [2.05, 4.69) is 35.1 Å². The highest BCUT2D eigenvalue weighted by Gasteiger charge is 2.08. The molecule has 0 saturated heterocycles. The second kappa shape index (κ2) is 6.68. The molecule has 1 aromatic carbocycles. The maximum absolute atomic E-state index is 6.05. The summed E-state index contributed by atoms with van der Waals surface area (Å²) in [6.45, 7) is 4.10. The van der Waals surface area contributed by atoms with Crippen molar-refractivity contribution in [1.82, 2.24) is 9.97 Å². The Balaban J connectivity index is 2.17. The molecule has 2 rings (SSSR count). The first-order chi connectivity index (χ1) is 9.19. The van der Waals surface area contributed by atoms with Crippen molar-refractivity contribution in [2.24, 2.45) is 5.73 Å². The number of nitrogens with zero attached hydrogens (tertiary/aromatic N) is 2. The lowest BCUT2D eigenvalue weighted by Gasteiger charge is -2.12. The quantitative estimate of drug-likeness (QED) is 0.850. The SMILES string of the molecule is CCC(N)Cc1ccccc1Sc1ncc(C)cn1. The molecule has 2 N–H and O–H groups in total. The van der Waals surface area contributed by atoms with E-state index in [0.29, 0.717) is 0 Å². The van der Waals surface area contributed by atoms with Crippen LogP contribution in [0.15, 0.2) is 46.7 Å². The van der Waals surface area contributed by atoms with Gasteiger partial charge in [0.05, 0.1) is 0 Å². The molecule has 0 fully saturated rings. The number of benzene rings is 1. The van der Waals surface area contributed by atoms with E-state index in [0.717, 1.165) is 23.6 Å². The fourth-order valence-electron chi connectivity index (χ4n) is 1.73. The van der Waals surface area contributed by atoms with Gasteiger partial charge in [-0.2, -0.15) is 0 Å². The molecule has 0 aliphatic rings. The largest absolute Gasteiger partial charge is 0.327 e. The summed E-state index contributed by atoms with van der Waals surface area (Å²) in [5.74, 6) is 0. The molecule has 1 aromatic heterocycles. The molecule has 0 spiro atoms. The van der Waals surface area contributed by atoms with Gasteiger partial charge in [-0.15, -0.1) is 0 Å². The monoisotopic (exact) mass is 273 g/mol. The van der Waals surface area contributed by atoms with Crippen molar-refractivity contribution in [2.75, 3.05) is 0 Å². The zero-order valence-electron chi connectivity index (χ0n) is 11.3. The number of hydrogen-bond acceptors (Lipinski definition) is 4. The zero-order chi connectivity index (χ0) is 13.7. The number of nitrogens with two attached hydrogens (primary N) is 1. The van der Waals surface area contributed by atoms with Crippen LogP contribution in [0.2, 0.25) is 0 Å². The second-order valence-electron chi connectivity index (χ2n) is 4.63. The number of aromatic nitrogens is 2. The molecule has 0 bridgehead atoms. The molecule has 1 atom stereocenters. The van der Waals surface area contributed by atoms with Crippen molar-refractivity contribution < 1.29 is 0 Å². The van der Waals surface area contributed by atoms with Crippen LogP contribution in [0.25, 0.3) is 0 Å². The molecule has 100 valence electrons. The van der Waals surface area contributed by atoms with E-state index in [9.17, 15) is 0 Å². The van der Waals surface area contributed by atoms with E-state index in [4.69, 9.17) is 5.73 Å². The average Bonchev–Trinajstić information content (AvgIpc) is 2.43. The minimum atomic E-state index is 0.209. The van der Waals surface area contributed by atoms with Gasteiger partial charge in [-0.25, -0.2) is 9.97 Å². The Morgan fingerprint density at radius 1 is 1.21 bits per heavy atom. The van der Waals surface area contributed by atoms with Gasteiger partial charge in [0.2, 0.25) is 0 Å². The Morgan fingerprint density at radius 2 is 1.89 bits per heavy atom. The molecule has 3 nitrogen and oxygen atoms in total. The van der Waals surface area contributed by atoms with Crippen molar-refractivity contribution in [3.8, 4) is 0 Å². The first-order valence-corrected chi connectivity index (χ1v) is 7.30. The van der Waals surface area contributed by atoms with E-state index in [1.54, 1.807) is 11.8 Å². The Kier molecular flexibility index (Phi) is 4.93. The molecule has 4 heteroatoms. The molecule has 0 saturated carbocycles. The molecule has 0 radical (unpaired) electrons. The summed E-state index contributed by atoms with van der Waals surface area (Å²) >= 11 is 1.60. The predicted octanol–water partition coefficient (Wildman–Crippen LogP) is 3.22. The summed E-state index contributed by atoms with van der Waals surface area (Å²) in [7, 11) is 0. The summed E-state index contributed by atoms with van der Waals surface area (Å²) in [6, 6.07) is 8.54. The van der Waals surface area contributed by atoms with Crippen LogP contribution in [0, 0.1) is 6.92 Å². The lowest BCUT2D eigenvalue weighted by molar-refractivity contribution is 0.641. The highest BCUT2D eigenvalue weighted by atomic mass is 32.2. The topological polar surface area (TPSA) is 51.8 Å². The molecule has 0 aliphatic carbocycles. The van der Waals surface area contributed by atoms with Crippen molar-refractivity contribution in [2.45, 2.75) is 42.8 Å². The summed E-state index contributed by atoms with van der Waals surface area (Å²) in [5.41, 5.74) is 8.39. The molecule has 1 unspecified atom stereocenters. The minimum Gasteiger partial charge on any atom is -0.327 e. The number of rotatable bonds is 5. The summed E-state index contributed by atoms with van der Waals surface area (Å²) in [6.07, 6.45) is 5.57. The summed E-state index contributed by atoms with van der Waals surface area (Å²) in [4.78, 5) is 9.86. The highest BCUT2D eigenvalue weighted by Crippen LogP contribution is 2.28. The van der Waals surface area contributed by atoms with Gasteiger partial charge in [0, 0.05) is 23.3 Å². The molecule has 2 aromatic rings. The maximum atomic E-state index is 6.05. The molecule has 0 aliphatic heterocycles.